The Bertz CT molecular complexity index is 1080. The highest BCUT2D eigenvalue weighted by Gasteiger charge is 2.16. The Kier molecular flexibility index (Phi) is 3.73. The van der Waals surface area contributed by atoms with E-state index in [4.69, 9.17) is 0 Å². The van der Waals surface area contributed by atoms with Gasteiger partial charge in [0.15, 0.2) is 11.3 Å². The van der Waals surface area contributed by atoms with Crippen LogP contribution in [0, 0.1) is 11.6 Å². The second kappa shape index (κ2) is 6.06. The lowest BCUT2D eigenvalue weighted by Gasteiger charge is -2.04. The Morgan fingerprint density at radius 2 is 2.04 bits per heavy atom. The van der Waals surface area contributed by atoms with Crippen LogP contribution in [0.2, 0.25) is 0 Å². The lowest BCUT2D eigenvalue weighted by atomic mass is 10.3. The molecule has 0 saturated heterocycles. The molecule has 4 aromatic rings. The summed E-state index contributed by atoms with van der Waals surface area (Å²) in [5.74, 6) is -2.02. The number of amides is 1. The third-order valence-corrected chi connectivity index (χ3v) is 4.43. The van der Waals surface area contributed by atoms with Crippen LogP contribution in [-0.4, -0.2) is 20.5 Å². The van der Waals surface area contributed by atoms with E-state index < -0.39 is 17.5 Å². The SMILES string of the molecule is O=C(Nc1cc(F)ccc1F)c1cc2nccc(-c3cccs3)n2n1. The van der Waals surface area contributed by atoms with E-state index in [9.17, 15) is 13.6 Å². The molecule has 0 spiro atoms. The van der Waals surface area contributed by atoms with Gasteiger partial charge in [-0.15, -0.1) is 11.3 Å². The number of hydrogen-bond acceptors (Lipinski definition) is 4. The third kappa shape index (κ3) is 2.87. The number of nitrogens with one attached hydrogen (secondary N) is 1. The number of nitrogens with zero attached hydrogens (tertiary/aromatic N) is 3. The molecule has 0 aliphatic heterocycles. The molecule has 0 atom stereocenters. The molecule has 0 unspecified atom stereocenters. The van der Waals surface area contributed by atoms with Crippen molar-refractivity contribution < 1.29 is 13.6 Å². The van der Waals surface area contributed by atoms with Gasteiger partial charge in [-0.05, 0) is 29.6 Å². The fraction of sp³-hybridized carbons (Fsp3) is 0. The van der Waals surface area contributed by atoms with Crippen LogP contribution >= 0.6 is 11.3 Å². The average molecular weight is 356 g/mol. The first-order valence-corrected chi connectivity index (χ1v) is 8.15. The molecule has 0 aliphatic rings. The maximum atomic E-state index is 13.7. The lowest BCUT2D eigenvalue weighted by molar-refractivity contribution is 0.102. The second-order valence-electron chi connectivity index (χ2n) is 5.19. The molecule has 0 aliphatic carbocycles. The molecule has 3 heterocycles. The van der Waals surface area contributed by atoms with E-state index in [1.165, 1.54) is 17.4 Å². The highest BCUT2D eigenvalue weighted by Crippen LogP contribution is 2.25. The van der Waals surface area contributed by atoms with Crippen LogP contribution in [0.3, 0.4) is 0 Å². The molecule has 0 saturated carbocycles. The Morgan fingerprint density at radius 3 is 2.84 bits per heavy atom. The Hall–Kier alpha value is -3.13. The van der Waals surface area contributed by atoms with Gasteiger partial charge < -0.3 is 5.32 Å². The van der Waals surface area contributed by atoms with Crippen LogP contribution in [0.15, 0.2) is 54.0 Å². The zero-order valence-corrected chi connectivity index (χ0v) is 13.4. The zero-order valence-electron chi connectivity index (χ0n) is 12.6. The van der Waals surface area contributed by atoms with E-state index in [1.807, 2.05) is 17.5 Å². The maximum absolute atomic E-state index is 13.7. The third-order valence-electron chi connectivity index (χ3n) is 3.54. The minimum Gasteiger partial charge on any atom is -0.318 e. The number of halogens is 2. The van der Waals surface area contributed by atoms with E-state index in [-0.39, 0.29) is 11.4 Å². The smallest absolute Gasteiger partial charge is 0.276 e. The van der Waals surface area contributed by atoms with Crippen molar-refractivity contribution in [3.05, 3.63) is 71.4 Å². The molecule has 25 heavy (non-hydrogen) atoms. The summed E-state index contributed by atoms with van der Waals surface area (Å²) in [6.45, 7) is 0. The van der Waals surface area contributed by atoms with Crippen molar-refractivity contribution in [2.75, 3.05) is 5.32 Å². The summed E-state index contributed by atoms with van der Waals surface area (Å²) in [7, 11) is 0. The standard InChI is InChI=1S/C17H10F2N4OS/c18-10-3-4-11(19)12(8-10)21-17(24)13-9-16-20-6-5-14(23(16)22-13)15-2-1-7-25-15/h1-9H,(H,21,24). The van der Waals surface area contributed by atoms with Crippen LogP contribution in [-0.2, 0) is 0 Å². The highest BCUT2D eigenvalue weighted by atomic mass is 32.1. The fourth-order valence-electron chi connectivity index (χ4n) is 2.40. The van der Waals surface area contributed by atoms with Gasteiger partial charge in [-0.1, -0.05) is 6.07 Å². The monoisotopic (exact) mass is 356 g/mol. The Labute approximate surface area is 144 Å². The average Bonchev–Trinajstić information content (AvgIpc) is 3.26. The first kappa shape index (κ1) is 15.4. The van der Waals surface area contributed by atoms with Crippen molar-refractivity contribution in [2.45, 2.75) is 0 Å². The Balaban J connectivity index is 1.71. The number of hydrogen-bond donors (Lipinski definition) is 1. The first-order valence-electron chi connectivity index (χ1n) is 7.27. The van der Waals surface area contributed by atoms with Crippen LogP contribution in [0.1, 0.15) is 10.5 Å². The van der Waals surface area contributed by atoms with Crippen molar-refractivity contribution in [3.63, 3.8) is 0 Å². The molecule has 3 aromatic heterocycles. The van der Waals surface area contributed by atoms with E-state index in [0.29, 0.717) is 5.65 Å². The minimum absolute atomic E-state index is 0.0557. The molecule has 8 heteroatoms. The largest absolute Gasteiger partial charge is 0.318 e. The number of thiophene rings is 1. The van der Waals surface area contributed by atoms with Gasteiger partial charge >= 0.3 is 0 Å². The number of aromatic nitrogens is 3. The second-order valence-corrected chi connectivity index (χ2v) is 6.13. The fourth-order valence-corrected chi connectivity index (χ4v) is 3.13. The number of carbonyl (C=O) groups is 1. The minimum atomic E-state index is -0.726. The summed E-state index contributed by atoms with van der Waals surface area (Å²) in [6.07, 6.45) is 1.62. The van der Waals surface area contributed by atoms with Gasteiger partial charge in [0, 0.05) is 18.3 Å². The number of benzene rings is 1. The molecule has 5 nitrogen and oxygen atoms in total. The van der Waals surface area contributed by atoms with Crippen molar-refractivity contribution in [1.82, 2.24) is 14.6 Å². The maximum Gasteiger partial charge on any atom is 0.276 e. The van der Waals surface area contributed by atoms with E-state index in [0.717, 1.165) is 28.8 Å². The van der Waals surface area contributed by atoms with Crippen molar-refractivity contribution >= 4 is 28.6 Å². The van der Waals surface area contributed by atoms with E-state index in [1.54, 1.807) is 16.8 Å². The van der Waals surface area contributed by atoms with Gasteiger partial charge in [-0.2, -0.15) is 5.10 Å². The number of carbonyl (C=O) groups excluding carboxylic acids is 1. The van der Waals surface area contributed by atoms with Crippen LogP contribution in [0.4, 0.5) is 14.5 Å². The van der Waals surface area contributed by atoms with Crippen molar-refractivity contribution in [1.29, 1.82) is 0 Å². The quantitative estimate of drug-likeness (QED) is 0.604. The highest BCUT2D eigenvalue weighted by molar-refractivity contribution is 7.13. The summed E-state index contributed by atoms with van der Waals surface area (Å²) < 4.78 is 28.5. The topological polar surface area (TPSA) is 59.3 Å². The molecule has 1 aromatic carbocycles. The van der Waals surface area contributed by atoms with Gasteiger partial charge in [-0.25, -0.2) is 18.3 Å². The molecule has 1 amide bonds. The van der Waals surface area contributed by atoms with Crippen LogP contribution in [0.25, 0.3) is 16.2 Å². The van der Waals surface area contributed by atoms with Crippen molar-refractivity contribution in [2.24, 2.45) is 0 Å². The molecule has 0 radical (unpaired) electrons. The summed E-state index contributed by atoms with van der Waals surface area (Å²) in [5, 5.41) is 8.51. The van der Waals surface area contributed by atoms with Crippen molar-refractivity contribution in [3.8, 4) is 10.6 Å². The van der Waals surface area contributed by atoms with Gasteiger partial charge in [0.2, 0.25) is 0 Å². The van der Waals surface area contributed by atoms with E-state index in [2.05, 4.69) is 15.4 Å². The van der Waals surface area contributed by atoms with Gasteiger partial charge in [0.05, 0.1) is 16.3 Å². The van der Waals surface area contributed by atoms with Gasteiger partial charge in [-0.3, -0.25) is 4.79 Å². The molecule has 0 fully saturated rings. The molecule has 1 N–H and O–H groups in total. The number of rotatable bonds is 3. The van der Waals surface area contributed by atoms with E-state index >= 15 is 0 Å². The zero-order chi connectivity index (χ0) is 17.4. The summed E-state index contributed by atoms with van der Waals surface area (Å²) in [4.78, 5) is 17.5. The molecule has 4 rings (SSSR count). The molecular weight excluding hydrogens is 346 g/mol. The number of anilines is 1. The summed E-state index contributed by atoms with van der Waals surface area (Å²) in [5.41, 5.74) is 1.08. The van der Waals surface area contributed by atoms with Gasteiger partial charge in [0.1, 0.15) is 11.6 Å². The summed E-state index contributed by atoms with van der Waals surface area (Å²) >= 11 is 1.53. The molecule has 124 valence electrons. The first-order chi connectivity index (χ1) is 12.1. The predicted octanol–water partition coefficient (Wildman–Crippen LogP) is 3.99. The van der Waals surface area contributed by atoms with Gasteiger partial charge in [0.25, 0.3) is 5.91 Å². The summed E-state index contributed by atoms with van der Waals surface area (Å²) in [6, 6.07) is 9.97. The molecular formula is C17H10F2N4OS. The number of fused-ring (bicyclic) bond motifs is 1. The van der Waals surface area contributed by atoms with Crippen LogP contribution < -0.4 is 5.32 Å². The predicted molar refractivity (Wildman–Crippen MR) is 90.6 cm³/mol. The lowest BCUT2D eigenvalue weighted by Crippen LogP contribution is -2.14. The Morgan fingerprint density at radius 1 is 1.16 bits per heavy atom. The normalized spacial score (nSPS) is 11.0. The molecule has 0 bridgehead atoms. The van der Waals surface area contributed by atoms with Crippen LogP contribution in [0.5, 0.6) is 0 Å².